The molecule has 69 heavy (non-hydrogen) atoms. The van der Waals surface area contributed by atoms with Crippen molar-refractivity contribution >= 4 is 51.5 Å². The normalized spacial score (nSPS) is 16.0. The van der Waals surface area contributed by atoms with Gasteiger partial charge in [-0.05, 0) is 80.0 Å². The summed E-state index contributed by atoms with van der Waals surface area (Å²) in [5, 5.41) is 20.3. The molecule has 4 atom stereocenters. The Hall–Kier alpha value is -6.01. The summed E-state index contributed by atoms with van der Waals surface area (Å²) in [7, 11) is 1.54. The highest BCUT2D eigenvalue weighted by Crippen LogP contribution is 2.37. The lowest BCUT2D eigenvalue weighted by Gasteiger charge is -2.35. The number of ether oxygens (including phenoxy) is 2. The van der Waals surface area contributed by atoms with Gasteiger partial charge in [0, 0.05) is 43.1 Å². The van der Waals surface area contributed by atoms with E-state index in [-0.39, 0.29) is 49.3 Å². The zero-order valence-electron chi connectivity index (χ0n) is 40.5. The van der Waals surface area contributed by atoms with Crippen LogP contribution in [0.25, 0.3) is 21.3 Å². The van der Waals surface area contributed by atoms with Crippen molar-refractivity contribution in [1.29, 1.82) is 0 Å². The summed E-state index contributed by atoms with van der Waals surface area (Å²) in [5.74, 6) is 0.906. The van der Waals surface area contributed by atoms with Gasteiger partial charge in [-0.2, -0.15) is 13.2 Å². The first kappa shape index (κ1) is 52.4. The van der Waals surface area contributed by atoms with Crippen LogP contribution in [0.2, 0.25) is 0 Å². The van der Waals surface area contributed by atoms with Gasteiger partial charge in [-0.3, -0.25) is 14.4 Å². The minimum atomic E-state index is -4.54. The number of aromatic nitrogens is 3. The van der Waals surface area contributed by atoms with E-state index in [2.05, 4.69) is 30.9 Å². The van der Waals surface area contributed by atoms with Crippen molar-refractivity contribution in [2.75, 3.05) is 31.3 Å². The number of aliphatic hydroxyl groups is 1. The lowest BCUT2D eigenvalue weighted by Crippen LogP contribution is -2.57. The third kappa shape index (κ3) is 14.1. The number of likely N-dealkylation sites (tertiary alicyclic amines) is 1. The van der Waals surface area contributed by atoms with Gasteiger partial charge in [0.05, 0.1) is 53.0 Å². The van der Waals surface area contributed by atoms with Gasteiger partial charge in [-0.15, -0.1) is 11.3 Å². The van der Waals surface area contributed by atoms with Crippen LogP contribution in [0, 0.1) is 19.3 Å². The topological polar surface area (TPSA) is 194 Å². The van der Waals surface area contributed by atoms with E-state index in [1.807, 2.05) is 57.5 Å². The molecule has 0 radical (unpaired) electrons. The molecule has 1 aliphatic rings. The average molecular weight is 975 g/mol. The van der Waals surface area contributed by atoms with E-state index in [1.165, 1.54) is 11.0 Å². The number of anilines is 2. The number of nitrogens with zero attached hydrogens (tertiary/aromatic N) is 4. The number of hydrogen-bond acceptors (Lipinski definition) is 12. The molecular weight excluding hydrogens is 910 g/mol. The molecule has 3 heterocycles. The van der Waals surface area contributed by atoms with E-state index >= 15 is 0 Å². The Balaban J connectivity index is 0.920. The molecular formula is C51H65F3N8O6S. The van der Waals surface area contributed by atoms with Gasteiger partial charge >= 0.3 is 6.18 Å². The molecule has 0 saturated carbocycles. The quantitative estimate of drug-likeness (QED) is 0.0347. The van der Waals surface area contributed by atoms with Gasteiger partial charge in [0.1, 0.15) is 23.7 Å². The number of rotatable bonds is 21. The smallest absolute Gasteiger partial charge is 0.416 e. The molecule has 14 nitrogen and oxygen atoms in total. The first-order valence-corrected chi connectivity index (χ1v) is 24.4. The van der Waals surface area contributed by atoms with Crippen molar-refractivity contribution in [3.05, 3.63) is 88.3 Å². The van der Waals surface area contributed by atoms with Gasteiger partial charge in [0.15, 0.2) is 11.5 Å². The second-order valence-electron chi connectivity index (χ2n) is 18.9. The fourth-order valence-electron chi connectivity index (χ4n) is 8.48. The average Bonchev–Trinajstić information content (AvgIpc) is 3.91. The summed E-state index contributed by atoms with van der Waals surface area (Å²) < 4.78 is 52.4. The Labute approximate surface area is 406 Å². The summed E-state index contributed by atoms with van der Waals surface area (Å²) in [6.07, 6.45) is 1.07. The van der Waals surface area contributed by atoms with Crippen molar-refractivity contribution in [1.82, 2.24) is 30.5 Å². The number of aliphatic hydroxyl groups excluding tert-OH is 1. The second-order valence-corrected chi connectivity index (χ2v) is 19.8. The monoisotopic (exact) mass is 974 g/mol. The molecule has 0 unspecified atom stereocenters. The summed E-state index contributed by atoms with van der Waals surface area (Å²) in [6, 6.07) is 12.6. The number of nitrogen functional groups attached to an aromatic ring is 1. The van der Waals surface area contributed by atoms with Gasteiger partial charge in [-0.1, -0.05) is 77.1 Å². The fourth-order valence-corrected chi connectivity index (χ4v) is 9.29. The molecule has 5 aromatic rings. The van der Waals surface area contributed by atoms with Crippen molar-refractivity contribution in [2.24, 2.45) is 5.41 Å². The lowest BCUT2D eigenvalue weighted by atomic mass is 9.85. The fraction of sp³-hybridized carbons (Fsp3) is 0.490. The van der Waals surface area contributed by atoms with Crippen LogP contribution in [0.4, 0.5) is 24.7 Å². The molecule has 6 rings (SSSR count). The number of β-amino-alcohol motifs (C(OH)–C–C–N with tert-alkyl or cyclic N) is 1. The van der Waals surface area contributed by atoms with Crippen molar-refractivity contribution in [3.8, 4) is 21.9 Å². The number of fused-ring (bicyclic) bond motifs is 1. The van der Waals surface area contributed by atoms with Crippen LogP contribution in [-0.2, 0) is 27.1 Å². The van der Waals surface area contributed by atoms with Gasteiger partial charge in [-0.25, -0.2) is 15.0 Å². The van der Waals surface area contributed by atoms with Gasteiger partial charge in [0.2, 0.25) is 17.7 Å². The van der Waals surface area contributed by atoms with E-state index in [1.54, 1.807) is 44.4 Å². The van der Waals surface area contributed by atoms with Gasteiger partial charge < -0.3 is 41.2 Å². The van der Waals surface area contributed by atoms with Crippen LogP contribution >= 0.6 is 11.3 Å². The predicted molar refractivity (Wildman–Crippen MR) is 263 cm³/mol. The zero-order chi connectivity index (χ0) is 50.0. The minimum Gasteiger partial charge on any atom is -0.493 e. The number of nitrogens with two attached hydrogens (primary N) is 1. The first-order valence-electron chi connectivity index (χ1n) is 23.5. The molecule has 1 aliphatic heterocycles. The number of halogens is 3. The Kier molecular flexibility index (Phi) is 17.5. The molecule has 3 amide bonds. The number of unbranched alkanes of at least 4 members (excludes halogenated alkanes) is 6. The van der Waals surface area contributed by atoms with E-state index in [4.69, 9.17) is 15.2 Å². The maximum atomic E-state index is 14.0. The number of carbonyl (C=O) groups is 3. The zero-order valence-corrected chi connectivity index (χ0v) is 41.3. The third-order valence-electron chi connectivity index (χ3n) is 12.3. The maximum absolute atomic E-state index is 14.0. The van der Waals surface area contributed by atoms with Crippen LogP contribution in [0.1, 0.15) is 120 Å². The number of thiazole rings is 1. The molecule has 3 aromatic carbocycles. The van der Waals surface area contributed by atoms with Crippen LogP contribution in [0.15, 0.2) is 60.1 Å². The largest absolute Gasteiger partial charge is 0.493 e. The summed E-state index contributed by atoms with van der Waals surface area (Å²) >= 11 is 1.57. The van der Waals surface area contributed by atoms with E-state index in [0.29, 0.717) is 52.6 Å². The van der Waals surface area contributed by atoms with Crippen LogP contribution in [-0.4, -0.2) is 81.1 Å². The Morgan fingerprint density at radius 2 is 1.64 bits per heavy atom. The molecule has 1 saturated heterocycles. The third-order valence-corrected chi connectivity index (χ3v) is 13.2. The molecule has 0 bridgehead atoms. The number of carbonyl (C=O) groups excluding carboxylic acids is 3. The number of methoxy groups -OCH3 is 1. The highest BCUT2D eigenvalue weighted by molar-refractivity contribution is 7.13. The molecule has 2 aromatic heterocycles. The number of amides is 3. The molecule has 6 N–H and O–H groups in total. The first-order chi connectivity index (χ1) is 32.7. The highest BCUT2D eigenvalue weighted by atomic mass is 32.1. The number of aryl methyl sites for hydroxylation is 2. The Bertz CT molecular complexity index is 2570. The van der Waals surface area contributed by atoms with E-state index < -0.39 is 41.4 Å². The van der Waals surface area contributed by atoms with Crippen molar-refractivity contribution < 1.29 is 42.1 Å². The van der Waals surface area contributed by atoms with Crippen LogP contribution < -0.4 is 31.2 Å². The molecule has 18 heteroatoms. The van der Waals surface area contributed by atoms with E-state index in [0.717, 1.165) is 72.4 Å². The second kappa shape index (κ2) is 23.1. The number of benzene rings is 3. The summed E-state index contributed by atoms with van der Waals surface area (Å²) in [4.78, 5) is 56.6. The predicted octanol–water partition coefficient (Wildman–Crippen LogP) is 9.46. The van der Waals surface area contributed by atoms with Crippen molar-refractivity contribution in [2.45, 2.75) is 136 Å². The minimum absolute atomic E-state index is 0.00742. The highest BCUT2D eigenvalue weighted by Gasteiger charge is 2.44. The van der Waals surface area contributed by atoms with Crippen molar-refractivity contribution in [3.63, 3.8) is 0 Å². The lowest BCUT2D eigenvalue weighted by molar-refractivity contribution is -0.144. The number of alkyl halides is 3. The number of hydrogen-bond donors (Lipinski definition) is 5. The molecule has 0 aliphatic carbocycles. The summed E-state index contributed by atoms with van der Waals surface area (Å²) in [6.45, 7) is 11.7. The Morgan fingerprint density at radius 1 is 0.942 bits per heavy atom. The summed E-state index contributed by atoms with van der Waals surface area (Å²) in [5.41, 5.74) is 10.0. The van der Waals surface area contributed by atoms with Crippen LogP contribution in [0.5, 0.6) is 11.5 Å². The molecule has 1 fully saturated rings. The maximum Gasteiger partial charge on any atom is 0.416 e. The number of nitrogens with one attached hydrogen (secondary N) is 3. The van der Waals surface area contributed by atoms with Crippen LogP contribution in [0.3, 0.4) is 0 Å². The standard InChI is InChI=1S/C51H65F3N8O6S/c1-30(35-21-36(51(52,53)54)23-37(55)22-35)58-47-39-25-43(42(67-7)26-40(39)59-32(3)60-47)68-20-14-12-10-8-9-11-13-15-44(64)61-46(50(4,5)6)49(66)62-28-38(63)24-41(62)48(65)56-27-33-16-18-34(19-17-33)45-31(2)57-29-69-45/h16-19,21-23,25-26,29-30,38,41,46,63H,8-15,20,24,27-28,55H2,1-7H3,(H,56,65)(H,61,64)(H,58,59,60)/t30-,38-,41+,46-/m1/s1. The molecule has 372 valence electrons. The Morgan fingerprint density at radius 3 is 2.29 bits per heavy atom. The van der Waals surface area contributed by atoms with Gasteiger partial charge in [0.25, 0.3) is 0 Å². The van der Waals surface area contributed by atoms with E-state index in [9.17, 15) is 32.7 Å². The molecule has 0 spiro atoms. The SMILES string of the molecule is COc1cc2nc(C)nc(N[C@H](C)c3cc(N)cc(C(F)(F)F)c3)c2cc1OCCCCCCCCCC(=O)N[C@H](C(=O)N1C[C@H](O)C[C@H]1C(=O)NCc1ccc(-c2scnc2C)cc1)C(C)(C)C.